The summed E-state index contributed by atoms with van der Waals surface area (Å²) in [5.74, 6) is 0. The third-order valence-corrected chi connectivity index (χ3v) is 1.25. The molecule has 2 aromatic heterocycles. The van der Waals surface area contributed by atoms with E-state index in [1.54, 1.807) is 18.8 Å². The molecule has 0 bridgehead atoms. The van der Waals surface area contributed by atoms with E-state index < -0.39 is 0 Å². The van der Waals surface area contributed by atoms with Gasteiger partial charge in [-0.25, -0.2) is 4.98 Å². The number of hydrogen-bond donors (Lipinski definition) is 0. The van der Waals surface area contributed by atoms with E-state index in [1.807, 2.05) is 6.07 Å². The van der Waals surface area contributed by atoms with Gasteiger partial charge in [-0.3, -0.25) is 0 Å². The molecule has 0 atom stereocenters. The van der Waals surface area contributed by atoms with E-state index >= 15 is 0 Å². The smallest absolute Gasteiger partial charge is 0.181 e. The Morgan fingerprint density at radius 3 is 2.80 bits per heavy atom. The quantitative estimate of drug-likeness (QED) is 0.599. The summed E-state index contributed by atoms with van der Waals surface area (Å²) in [6.07, 6.45) is 6.19. The Bertz CT molecular complexity index is 251. The number of hydrogen-bond acceptors (Lipinski definition) is 3. The molecule has 10 heavy (non-hydrogen) atoms. The molecule has 2 heterocycles. The van der Waals surface area contributed by atoms with E-state index in [4.69, 9.17) is 8.83 Å². The zero-order valence-electron chi connectivity index (χ0n) is 5.15. The molecule has 0 spiro atoms. The second-order valence-corrected chi connectivity index (χ2v) is 1.89. The summed E-state index contributed by atoms with van der Waals surface area (Å²) in [5, 5.41) is 0. The maximum absolute atomic E-state index is 4.86. The van der Waals surface area contributed by atoms with Crippen LogP contribution in [0.15, 0.2) is 40.1 Å². The first-order valence-corrected chi connectivity index (χ1v) is 2.87. The molecule has 0 saturated carbocycles. The molecule has 2 aromatic rings. The lowest BCUT2D eigenvalue weighted by molar-refractivity contribution is 0.557. The number of oxazole rings is 1. The van der Waals surface area contributed by atoms with Crippen LogP contribution in [0.1, 0.15) is 0 Å². The molecule has 0 aliphatic carbocycles. The van der Waals surface area contributed by atoms with E-state index in [0.717, 1.165) is 11.3 Å². The highest BCUT2D eigenvalue weighted by Gasteiger charge is 1.99. The molecule has 0 saturated heterocycles. The third-order valence-electron chi connectivity index (χ3n) is 1.25. The van der Waals surface area contributed by atoms with Crippen LogP contribution < -0.4 is 0 Å². The molecule has 0 amide bonds. The van der Waals surface area contributed by atoms with Crippen molar-refractivity contribution in [3.05, 3.63) is 31.2 Å². The zero-order valence-corrected chi connectivity index (χ0v) is 5.15. The Labute approximate surface area is 57.3 Å². The van der Waals surface area contributed by atoms with Crippen molar-refractivity contribution >= 4 is 0 Å². The van der Waals surface area contributed by atoms with Crippen molar-refractivity contribution in [2.24, 2.45) is 0 Å². The summed E-state index contributed by atoms with van der Waals surface area (Å²) in [6.45, 7) is 0. The summed E-state index contributed by atoms with van der Waals surface area (Å²) in [6, 6.07) is 1.83. The minimum Gasteiger partial charge on any atom is -0.472 e. The van der Waals surface area contributed by atoms with Gasteiger partial charge in [-0.15, -0.1) is 0 Å². The van der Waals surface area contributed by atoms with Crippen LogP contribution >= 0.6 is 0 Å². The molecule has 3 nitrogen and oxygen atoms in total. The fourth-order valence-electron chi connectivity index (χ4n) is 0.765. The average molecular weight is 135 g/mol. The summed E-state index contributed by atoms with van der Waals surface area (Å²) >= 11 is 0. The van der Waals surface area contributed by atoms with Gasteiger partial charge in [0.25, 0.3) is 0 Å². The molecular weight excluding hydrogens is 130 g/mol. The summed E-state index contributed by atoms with van der Waals surface area (Å²) < 4.78 is 9.64. The van der Waals surface area contributed by atoms with Crippen LogP contribution in [0.5, 0.6) is 0 Å². The molecule has 0 aliphatic rings. The maximum Gasteiger partial charge on any atom is 0.181 e. The number of nitrogens with zero attached hydrogens (tertiary/aromatic N) is 1. The minimum absolute atomic E-state index is 0.800. The average Bonchev–Trinajstić information content (AvgIpc) is 2.59. The van der Waals surface area contributed by atoms with Crippen LogP contribution in [0.25, 0.3) is 11.3 Å². The highest BCUT2D eigenvalue weighted by atomic mass is 16.3. The lowest BCUT2D eigenvalue weighted by atomic mass is 10.3. The first kappa shape index (κ1) is 5.29. The number of rotatable bonds is 1. The normalized spacial score (nSPS) is 10.0. The molecule has 0 radical (unpaired) electrons. The van der Waals surface area contributed by atoms with Crippen LogP contribution in [0.2, 0.25) is 0 Å². The molecule has 0 fully saturated rings. The van der Waals surface area contributed by atoms with Crippen molar-refractivity contribution in [2.75, 3.05) is 0 Å². The van der Waals surface area contributed by atoms with Crippen molar-refractivity contribution in [1.29, 1.82) is 0 Å². The van der Waals surface area contributed by atoms with E-state index in [1.165, 1.54) is 6.39 Å². The van der Waals surface area contributed by atoms with Gasteiger partial charge in [-0.05, 0) is 6.07 Å². The summed E-state index contributed by atoms with van der Waals surface area (Å²) in [7, 11) is 0. The van der Waals surface area contributed by atoms with Gasteiger partial charge in [-0.1, -0.05) is 0 Å². The van der Waals surface area contributed by atoms with Gasteiger partial charge in [0.15, 0.2) is 6.39 Å². The maximum atomic E-state index is 4.86. The van der Waals surface area contributed by atoms with Crippen molar-refractivity contribution in [2.45, 2.75) is 0 Å². The van der Waals surface area contributed by atoms with Crippen LogP contribution in [0.4, 0.5) is 0 Å². The van der Waals surface area contributed by atoms with Crippen molar-refractivity contribution in [3.8, 4) is 11.3 Å². The molecular formula is C7H5NO2. The predicted molar refractivity (Wildman–Crippen MR) is 34.2 cm³/mol. The second kappa shape index (κ2) is 2.02. The van der Waals surface area contributed by atoms with Gasteiger partial charge in [0.05, 0.1) is 12.5 Å². The lowest BCUT2D eigenvalue weighted by Crippen LogP contribution is -1.67. The standard InChI is InChI=1S/C7H5NO2/c1-2-9-3-6(1)7-4-10-5-8-7/h1-5H. The first-order chi connectivity index (χ1) is 4.97. The summed E-state index contributed by atoms with van der Waals surface area (Å²) in [4.78, 5) is 3.93. The highest BCUT2D eigenvalue weighted by Crippen LogP contribution is 2.15. The molecule has 0 N–H and O–H groups in total. The fourth-order valence-corrected chi connectivity index (χ4v) is 0.765. The van der Waals surface area contributed by atoms with Gasteiger partial charge < -0.3 is 8.83 Å². The fraction of sp³-hybridized carbons (Fsp3) is 0. The molecule has 50 valence electrons. The predicted octanol–water partition coefficient (Wildman–Crippen LogP) is 1.93. The lowest BCUT2D eigenvalue weighted by Gasteiger charge is -1.80. The van der Waals surface area contributed by atoms with Gasteiger partial charge >= 0.3 is 0 Å². The molecule has 0 aliphatic heterocycles. The van der Waals surface area contributed by atoms with Crippen molar-refractivity contribution in [1.82, 2.24) is 4.98 Å². The Balaban J connectivity index is 2.48. The van der Waals surface area contributed by atoms with Crippen molar-refractivity contribution in [3.63, 3.8) is 0 Å². The Hall–Kier alpha value is -1.51. The van der Waals surface area contributed by atoms with Crippen LogP contribution in [-0.4, -0.2) is 4.98 Å². The summed E-state index contributed by atoms with van der Waals surface area (Å²) in [5.41, 5.74) is 1.74. The SMILES string of the molecule is c1cc(-c2cocn2)co1. The second-order valence-electron chi connectivity index (χ2n) is 1.89. The highest BCUT2D eigenvalue weighted by molar-refractivity contribution is 5.54. The zero-order chi connectivity index (χ0) is 6.81. The minimum atomic E-state index is 0.800. The molecule has 0 aromatic carbocycles. The van der Waals surface area contributed by atoms with Gasteiger partial charge in [0, 0.05) is 5.56 Å². The van der Waals surface area contributed by atoms with Crippen LogP contribution in [-0.2, 0) is 0 Å². The first-order valence-electron chi connectivity index (χ1n) is 2.87. The molecule has 3 heteroatoms. The molecule has 2 rings (SSSR count). The van der Waals surface area contributed by atoms with E-state index in [2.05, 4.69) is 4.98 Å². The van der Waals surface area contributed by atoms with E-state index in [-0.39, 0.29) is 0 Å². The number of furan rings is 1. The Morgan fingerprint density at radius 2 is 2.20 bits per heavy atom. The topological polar surface area (TPSA) is 39.2 Å². The largest absolute Gasteiger partial charge is 0.472 e. The Morgan fingerprint density at radius 1 is 1.20 bits per heavy atom. The van der Waals surface area contributed by atoms with Gasteiger partial charge in [-0.2, -0.15) is 0 Å². The van der Waals surface area contributed by atoms with Gasteiger partial charge in [0.1, 0.15) is 12.0 Å². The van der Waals surface area contributed by atoms with Crippen LogP contribution in [0, 0.1) is 0 Å². The van der Waals surface area contributed by atoms with Crippen LogP contribution in [0.3, 0.4) is 0 Å². The Kier molecular flexibility index (Phi) is 1.07. The number of aromatic nitrogens is 1. The monoisotopic (exact) mass is 135 g/mol. The third kappa shape index (κ3) is 0.719. The molecule has 0 unspecified atom stereocenters. The van der Waals surface area contributed by atoms with Crippen molar-refractivity contribution < 1.29 is 8.83 Å². The van der Waals surface area contributed by atoms with E-state index in [0.29, 0.717) is 0 Å². The van der Waals surface area contributed by atoms with E-state index in [9.17, 15) is 0 Å². The van der Waals surface area contributed by atoms with Gasteiger partial charge in [0.2, 0.25) is 0 Å².